The molecule has 1 aromatic carbocycles. The Balaban J connectivity index is 1.58. The number of amides is 1. The summed E-state index contributed by atoms with van der Waals surface area (Å²) in [6.07, 6.45) is 1.54. The molecule has 1 fully saturated rings. The quantitative estimate of drug-likeness (QED) is 0.578. The highest BCUT2D eigenvalue weighted by Gasteiger charge is 2.34. The fraction of sp³-hybridized carbons (Fsp3) is 0.278. The molecular formula is C18H19FN6O. The zero-order valence-corrected chi connectivity index (χ0v) is 14.4. The predicted octanol–water partition coefficient (Wildman–Crippen LogP) is 2.20. The average molecular weight is 354 g/mol. The third-order valence-electron chi connectivity index (χ3n) is 4.80. The molecule has 8 heteroatoms. The van der Waals surface area contributed by atoms with Crippen LogP contribution >= 0.6 is 0 Å². The normalized spacial score (nSPS) is 22.7. The van der Waals surface area contributed by atoms with Crippen LogP contribution in [0.3, 0.4) is 0 Å². The fourth-order valence-electron chi connectivity index (χ4n) is 3.05. The van der Waals surface area contributed by atoms with Gasteiger partial charge in [0.2, 0.25) is 5.91 Å². The lowest BCUT2D eigenvalue weighted by molar-refractivity contribution is -0.118. The highest BCUT2D eigenvalue weighted by Crippen LogP contribution is 2.24. The van der Waals surface area contributed by atoms with Crippen LogP contribution in [0.2, 0.25) is 0 Å². The summed E-state index contributed by atoms with van der Waals surface area (Å²) in [5.41, 5.74) is 8.08. The van der Waals surface area contributed by atoms with Crippen molar-refractivity contribution < 1.29 is 9.18 Å². The van der Waals surface area contributed by atoms with Crippen LogP contribution < -0.4 is 16.2 Å². The van der Waals surface area contributed by atoms with Crippen molar-refractivity contribution in [1.29, 1.82) is 0 Å². The van der Waals surface area contributed by atoms with E-state index in [2.05, 4.69) is 31.1 Å². The van der Waals surface area contributed by atoms with Crippen molar-refractivity contribution in [2.24, 2.45) is 5.92 Å². The molecule has 134 valence electrons. The number of aromatic amines is 1. The number of nitrogens with one attached hydrogen (secondary N) is 4. The first kappa shape index (κ1) is 16.6. The monoisotopic (exact) mass is 354 g/mol. The molecule has 0 bridgehead atoms. The lowest BCUT2D eigenvalue weighted by Crippen LogP contribution is -2.41. The Kier molecular flexibility index (Phi) is 4.14. The van der Waals surface area contributed by atoms with Crippen LogP contribution in [0.15, 0.2) is 36.5 Å². The maximum Gasteiger partial charge on any atom is 0.243 e. The average Bonchev–Trinajstić information content (AvgIpc) is 3.19. The molecule has 2 aromatic heterocycles. The maximum atomic E-state index is 13.9. The summed E-state index contributed by atoms with van der Waals surface area (Å²) in [6.45, 7) is 4.03. The molecule has 3 unspecified atom stereocenters. The Morgan fingerprint density at radius 3 is 2.77 bits per heavy atom. The second-order valence-electron chi connectivity index (χ2n) is 6.56. The first-order valence-electron chi connectivity index (χ1n) is 8.45. The van der Waals surface area contributed by atoms with Gasteiger partial charge in [-0.2, -0.15) is 0 Å². The van der Waals surface area contributed by atoms with Gasteiger partial charge in [-0.15, -0.1) is 0 Å². The van der Waals surface area contributed by atoms with E-state index in [0.717, 1.165) is 0 Å². The van der Waals surface area contributed by atoms with Gasteiger partial charge in [-0.05, 0) is 31.0 Å². The number of carbonyl (C=O) groups excluding carboxylic acids is 1. The number of carbonyl (C=O) groups is 1. The van der Waals surface area contributed by atoms with Crippen molar-refractivity contribution in [3.8, 4) is 11.4 Å². The zero-order chi connectivity index (χ0) is 18.3. The van der Waals surface area contributed by atoms with E-state index in [0.29, 0.717) is 28.2 Å². The zero-order valence-electron chi connectivity index (χ0n) is 14.4. The first-order chi connectivity index (χ1) is 12.5. The molecule has 3 aromatic rings. The van der Waals surface area contributed by atoms with Crippen LogP contribution in [0.25, 0.3) is 22.6 Å². The standard InChI is InChI=1S/C18H19FN6O/c1-9-10(2)24-25-15(9)18(26)21-11-7-14-17(20-8-11)23-16(22-14)12-5-3-4-6-13(12)19/h3-10,15,24-25H,1-2H3,(H,21,26)(H,20,22,23). The van der Waals surface area contributed by atoms with Gasteiger partial charge in [0, 0.05) is 6.04 Å². The number of pyridine rings is 1. The van der Waals surface area contributed by atoms with Crippen molar-refractivity contribution >= 4 is 22.8 Å². The van der Waals surface area contributed by atoms with E-state index in [1.165, 1.54) is 6.07 Å². The number of imidazole rings is 1. The van der Waals surface area contributed by atoms with E-state index in [1.54, 1.807) is 30.5 Å². The third-order valence-corrected chi connectivity index (χ3v) is 4.80. The van der Waals surface area contributed by atoms with E-state index in [9.17, 15) is 9.18 Å². The number of hydrazine groups is 1. The van der Waals surface area contributed by atoms with Gasteiger partial charge in [-0.3, -0.25) is 10.2 Å². The van der Waals surface area contributed by atoms with Crippen molar-refractivity contribution in [1.82, 2.24) is 25.8 Å². The summed E-state index contributed by atoms with van der Waals surface area (Å²) in [4.78, 5) is 24.1. The maximum absolute atomic E-state index is 13.9. The van der Waals surface area contributed by atoms with E-state index in [-0.39, 0.29) is 29.7 Å². The minimum Gasteiger partial charge on any atom is -0.336 e. The molecule has 3 atom stereocenters. The number of benzene rings is 1. The molecule has 0 saturated carbocycles. The molecule has 0 spiro atoms. The van der Waals surface area contributed by atoms with E-state index in [1.807, 2.05) is 13.8 Å². The lowest BCUT2D eigenvalue weighted by Gasteiger charge is -2.15. The molecule has 7 nitrogen and oxygen atoms in total. The molecule has 1 aliphatic rings. The topological polar surface area (TPSA) is 94.7 Å². The van der Waals surface area contributed by atoms with Crippen LogP contribution in [0, 0.1) is 11.7 Å². The molecule has 1 aliphatic heterocycles. The number of H-pyrrole nitrogens is 1. The molecular weight excluding hydrogens is 335 g/mol. The molecule has 4 rings (SSSR count). The largest absolute Gasteiger partial charge is 0.336 e. The number of nitrogens with zero attached hydrogens (tertiary/aromatic N) is 2. The first-order valence-corrected chi connectivity index (χ1v) is 8.45. The number of fused-ring (bicyclic) bond motifs is 1. The van der Waals surface area contributed by atoms with E-state index >= 15 is 0 Å². The summed E-state index contributed by atoms with van der Waals surface area (Å²) in [7, 11) is 0. The van der Waals surface area contributed by atoms with Crippen LogP contribution in [0.5, 0.6) is 0 Å². The van der Waals surface area contributed by atoms with Gasteiger partial charge in [0.1, 0.15) is 17.7 Å². The Labute approximate surface area is 149 Å². The van der Waals surface area contributed by atoms with Gasteiger partial charge < -0.3 is 10.3 Å². The van der Waals surface area contributed by atoms with Gasteiger partial charge in [-0.25, -0.2) is 19.8 Å². The van der Waals surface area contributed by atoms with Crippen molar-refractivity contribution in [2.75, 3.05) is 5.32 Å². The highest BCUT2D eigenvalue weighted by atomic mass is 19.1. The molecule has 1 amide bonds. The lowest BCUT2D eigenvalue weighted by atomic mass is 9.97. The Morgan fingerprint density at radius 2 is 2.04 bits per heavy atom. The summed E-state index contributed by atoms with van der Waals surface area (Å²) in [6, 6.07) is 8.03. The number of aromatic nitrogens is 3. The van der Waals surface area contributed by atoms with Crippen molar-refractivity contribution in [2.45, 2.75) is 25.9 Å². The number of anilines is 1. The number of hydrogen-bond acceptors (Lipinski definition) is 5. The Morgan fingerprint density at radius 1 is 1.23 bits per heavy atom. The predicted molar refractivity (Wildman–Crippen MR) is 96.6 cm³/mol. The minimum atomic E-state index is -0.358. The second-order valence-corrected chi connectivity index (χ2v) is 6.56. The minimum absolute atomic E-state index is 0.135. The molecule has 1 saturated heterocycles. The van der Waals surface area contributed by atoms with Crippen LogP contribution in [0.1, 0.15) is 13.8 Å². The molecule has 0 radical (unpaired) electrons. The molecule has 3 heterocycles. The fourth-order valence-corrected chi connectivity index (χ4v) is 3.05. The molecule has 4 N–H and O–H groups in total. The number of hydrogen-bond donors (Lipinski definition) is 4. The second kappa shape index (κ2) is 6.47. The summed E-state index contributed by atoms with van der Waals surface area (Å²) in [5, 5.41) is 2.86. The van der Waals surface area contributed by atoms with Gasteiger partial charge in [-0.1, -0.05) is 19.1 Å². The Hall–Kier alpha value is -2.84. The number of halogens is 1. The van der Waals surface area contributed by atoms with Crippen LogP contribution in [0.4, 0.5) is 10.1 Å². The summed E-state index contributed by atoms with van der Waals surface area (Å²) >= 11 is 0. The third kappa shape index (κ3) is 2.93. The van der Waals surface area contributed by atoms with Crippen LogP contribution in [-0.4, -0.2) is 32.9 Å². The van der Waals surface area contributed by atoms with Crippen molar-refractivity contribution in [3.05, 3.63) is 42.3 Å². The molecule has 0 aliphatic carbocycles. The van der Waals surface area contributed by atoms with E-state index < -0.39 is 0 Å². The Bertz CT molecular complexity index is 971. The highest BCUT2D eigenvalue weighted by molar-refractivity contribution is 5.96. The van der Waals surface area contributed by atoms with Gasteiger partial charge in [0.25, 0.3) is 0 Å². The SMILES string of the molecule is CC1NNC(C(=O)Nc2cnc3nc(-c4ccccc4F)[nH]c3c2)C1C. The van der Waals surface area contributed by atoms with E-state index in [4.69, 9.17) is 0 Å². The van der Waals surface area contributed by atoms with Gasteiger partial charge >= 0.3 is 0 Å². The summed E-state index contributed by atoms with van der Waals surface area (Å²) < 4.78 is 13.9. The van der Waals surface area contributed by atoms with Gasteiger partial charge in [0.15, 0.2) is 5.65 Å². The van der Waals surface area contributed by atoms with Crippen LogP contribution in [-0.2, 0) is 4.79 Å². The number of rotatable bonds is 3. The van der Waals surface area contributed by atoms with Gasteiger partial charge in [0.05, 0.1) is 23.0 Å². The van der Waals surface area contributed by atoms with Crippen molar-refractivity contribution in [3.63, 3.8) is 0 Å². The summed E-state index contributed by atoms with van der Waals surface area (Å²) in [5.74, 6) is 0.0667. The smallest absolute Gasteiger partial charge is 0.243 e. The molecule has 26 heavy (non-hydrogen) atoms.